The minimum atomic E-state index is -0.345. The molecule has 0 saturated heterocycles. The van der Waals surface area contributed by atoms with E-state index in [-0.39, 0.29) is 17.4 Å². The molecule has 132 valence electrons. The van der Waals surface area contributed by atoms with Gasteiger partial charge in [0.1, 0.15) is 24.0 Å². The molecule has 2 aromatic rings. The Labute approximate surface area is 150 Å². The van der Waals surface area contributed by atoms with Crippen LogP contribution in [0, 0.1) is 12.7 Å². The first kappa shape index (κ1) is 15.6. The zero-order valence-corrected chi connectivity index (χ0v) is 14.4. The number of carbonyl (C=O) groups is 1. The largest absolute Gasteiger partial charge is 0.477 e. The minimum absolute atomic E-state index is 0.168. The number of benzene rings is 2. The van der Waals surface area contributed by atoms with Crippen molar-refractivity contribution in [2.24, 2.45) is 0 Å². The molecule has 0 spiro atoms. The van der Waals surface area contributed by atoms with Crippen molar-refractivity contribution in [3.05, 3.63) is 64.2 Å². The van der Waals surface area contributed by atoms with E-state index < -0.39 is 0 Å². The Morgan fingerprint density at radius 2 is 2.08 bits per heavy atom. The molecule has 5 heteroatoms. The van der Waals surface area contributed by atoms with E-state index in [2.05, 4.69) is 4.90 Å². The van der Waals surface area contributed by atoms with Gasteiger partial charge < -0.3 is 9.47 Å². The number of carbonyl (C=O) groups excluding carboxylic acids is 1. The molecule has 0 amide bonds. The highest BCUT2D eigenvalue weighted by molar-refractivity contribution is 6.15. The van der Waals surface area contributed by atoms with Crippen LogP contribution < -0.4 is 9.47 Å². The number of Topliss-reactive ketones (excluding diaryl/α,β-unsaturated/α-hetero) is 1. The van der Waals surface area contributed by atoms with Crippen LogP contribution in [0.5, 0.6) is 11.5 Å². The third-order valence-electron chi connectivity index (χ3n) is 5.17. The summed E-state index contributed by atoms with van der Waals surface area (Å²) in [5, 5.41) is 0. The van der Waals surface area contributed by atoms with Gasteiger partial charge in [0.05, 0.1) is 5.56 Å². The molecule has 5 rings (SSSR count). The van der Waals surface area contributed by atoms with Gasteiger partial charge in [-0.1, -0.05) is 12.1 Å². The van der Waals surface area contributed by atoms with E-state index in [1.165, 1.54) is 25.0 Å². The lowest BCUT2D eigenvalue weighted by Gasteiger charge is -2.30. The van der Waals surface area contributed by atoms with Gasteiger partial charge in [-0.25, -0.2) is 4.39 Å². The quantitative estimate of drug-likeness (QED) is 0.765. The molecule has 0 aromatic heterocycles. The fourth-order valence-electron chi connectivity index (χ4n) is 3.69. The predicted molar refractivity (Wildman–Crippen MR) is 94.6 cm³/mol. The van der Waals surface area contributed by atoms with E-state index in [1.54, 1.807) is 18.2 Å². The summed E-state index contributed by atoms with van der Waals surface area (Å²) in [6.45, 7) is 3.30. The molecule has 2 aromatic carbocycles. The third-order valence-corrected chi connectivity index (χ3v) is 5.17. The number of ketones is 1. The second-order valence-corrected chi connectivity index (χ2v) is 7.11. The summed E-state index contributed by atoms with van der Waals surface area (Å²) in [7, 11) is 0. The summed E-state index contributed by atoms with van der Waals surface area (Å²) >= 11 is 0. The van der Waals surface area contributed by atoms with Gasteiger partial charge >= 0.3 is 0 Å². The molecule has 0 radical (unpaired) electrons. The van der Waals surface area contributed by atoms with Gasteiger partial charge in [0.15, 0.2) is 5.76 Å². The molecule has 3 aliphatic rings. The lowest BCUT2D eigenvalue weighted by molar-refractivity contribution is 0.0872. The number of allylic oxidation sites excluding steroid dienone is 1. The highest BCUT2D eigenvalue weighted by Gasteiger charge is 2.36. The van der Waals surface area contributed by atoms with E-state index in [1.807, 2.05) is 13.0 Å². The maximum atomic E-state index is 13.4. The Hall–Kier alpha value is -2.66. The molecule has 1 aliphatic carbocycles. The topological polar surface area (TPSA) is 38.8 Å². The molecule has 4 nitrogen and oxygen atoms in total. The van der Waals surface area contributed by atoms with Crippen LogP contribution in [0.2, 0.25) is 0 Å². The molecular formula is C21H18FNO3. The molecule has 0 unspecified atom stereocenters. The maximum absolute atomic E-state index is 13.4. The summed E-state index contributed by atoms with van der Waals surface area (Å²) in [4.78, 5) is 15.1. The molecular weight excluding hydrogens is 333 g/mol. The molecule has 1 saturated carbocycles. The number of ether oxygens (including phenoxy) is 2. The number of nitrogens with zero attached hydrogens (tertiary/aromatic N) is 1. The number of hydrogen-bond donors (Lipinski definition) is 0. The van der Waals surface area contributed by atoms with Crippen molar-refractivity contribution in [1.82, 2.24) is 4.90 Å². The van der Waals surface area contributed by atoms with Crippen molar-refractivity contribution in [3.63, 3.8) is 0 Å². The van der Waals surface area contributed by atoms with Crippen molar-refractivity contribution < 1.29 is 18.7 Å². The van der Waals surface area contributed by atoms with E-state index in [9.17, 15) is 9.18 Å². The normalized spacial score (nSPS) is 20.5. The molecule has 2 heterocycles. The standard InChI is InChI=1S/C21H18FNO3/c1-12-20-14(10-23(11-25-20)16-5-6-16)9-17-19(24)18(26-21(12)17)8-13-3-2-4-15(22)7-13/h2-4,7-9,16H,5-6,10-11H2,1H3/b18-8-. The summed E-state index contributed by atoms with van der Waals surface area (Å²) < 4.78 is 25.2. The first-order valence-corrected chi connectivity index (χ1v) is 8.83. The zero-order valence-electron chi connectivity index (χ0n) is 14.4. The van der Waals surface area contributed by atoms with Crippen molar-refractivity contribution in [2.45, 2.75) is 32.4 Å². The number of hydrogen-bond acceptors (Lipinski definition) is 4. The third kappa shape index (κ3) is 2.51. The van der Waals surface area contributed by atoms with Crippen LogP contribution in [-0.2, 0) is 6.54 Å². The molecule has 0 bridgehead atoms. The monoisotopic (exact) mass is 351 g/mol. The van der Waals surface area contributed by atoms with Gasteiger partial charge in [-0.2, -0.15) is 0 Å². The summed E-state index contributed by atoms with van der Waals surface area (Å²) in [5.74, 6) is 1.08. The van der Waals surface area contributed by atoms with Gasteiger partial charge in [-0.3, -0.25) is 9.69 Å². The summed E-state index contributed by atoms with van der Waals surface area (Å²) in [6, 6.07) is 8.59. The molecule has 2 aliphatic heterocycles. The fraction of sp³-hybridized carbons (Fsp3) is 0.286. The van der Waals surface area contributed by atoms with Crippen molar-refractivity contribution in [3.8, 4) is 11.5 Å². The van der Waals surface area contributed by atoms with Gasteiger partial charge in [0.2, 0.25) is 5.78 Å². The smallest absolute Gasteiger partial charge is 0.231 e. The maximum Gasteiger partial charge on any atom is 0.231 e. The average molecular weight is 351 g/mol. The Bertz CT molecular complexity index is 962. The van der Waals surface area contributed by atoms with Crippen LogP contribution in [0.15, 0.2) is 36.1 Å². The number of rotatable bonds is 2. The van der Waals surface area contributed by atoms with E-state index >= 15 is 0 Å². The highest BCUT2D eigenvalue weighted by Crippen LogP contribution is 2.44. The Kier molecular flexibility index (Phi) is 3.40. The lowest BCUT2D eigenvalue weighted by atomic mass is 10.00. The van der Waals surface area contributed by atoms with Gasteiger partial charge in [0, 0.05) is 23.7 Å². The van der Waals surface area contributed by atoms with E-state index in [4.69, 9.17) is 9.47 Å². The zero-order chi connectivity index (χ0) is 17.8. The van der Waals surface area contributed by atoms with Crippen LogP contribution in [0.25, 0.3) is 6.08 Å². The second-order valence-electron chi connectivity index (χ2n) is 7.11. The Morgan fingerprint density at radius 3 is 2.85 bits per heavy atom. The van der Waals surface area contributed by atoms with Gasteiger partial charge in [-0.05, 0) is 49.6 Å². The minimum Gasteiger partial charge on any atom is -0.477 e. The van der Waals surface area contributed by atoms with Crippen LogP contribution in [0.4, 0.5) is 4.39 Å². The number of fused-ring (bicyclic) bond motifs is 2. The van der Waals surface area contributed by atoms with Crippen LogP contribution in [-0.4, -0.2) is 23.5 Å². The first-order valence-electron chi connectivity index (χ1n) is 8.83. The molecule has 0 N–H and O–H groups in total. The lowest BCUT2D eigenvalue weighted by Crippen LogP contribution is -2.34. The van der Waals surface area contributed by atoms with Gasteiger partial charge in [-0.15, -0.1) is 0 Å². The summed E-state index contributed by atoms with van der Waals surface area (Å²) in [5.41, 5.74) is 3.04. The second kappa shape index (κ2) is 5.68. The SMILES string of the molecule is Cc1c2c(cc3c1O/C(=C\c1cccc(F)c1)C3=O)CN(C1CC1)CO2. The first-order chi connectivity index (χ1) is 12.6. The van der Waals surface area contributed by atoms with Crippen molar-refractivity contribution in [1.29, 1.82) is 0 Å². The predicted octanol–water partition coefficient (Wildman–Crippen LogP) is 4.06. The van der Waals surface area contributed by atoms with E-state index in [0.717, 1.165) is 23.4 Å². The van der Waals surface area contributed by atoms with Crippen LogP contribution >= 0.6 is 0 Å². The van der Waals surface area contributed by atoms with Gasteiger partial charge in [0.25, 0.3) is 0 Å². The molecule has 1 fully saturated rings. The fourth-order valence-corrected chi connectivity index (χ4v) is 3.69. The molecule has 26 heavy (non-hydrogen) atoms. The van der Waals surface area contributed by atoms with Crippen molar-refractivity contribution in [2.75, 3.05) is 6.73 Å². The van der Waals surface area contributed by atoms with Crippen molar-refractivity contribution >= 4 is 11.9 Å². The van der Waals surface area contributed by atoms with Crippen LogP contribution in [0.3, 0.4) is 0 Å². The summed E-state index contributed by atoms with van der Waals surface area (Å²) in [6.07, 6.45) is 4.01. The average Bonchev–Trinajstić information content (AvgIpc) is 3.43. The van der Waals surface area contributed by atoms with Crippen LogP contribution in [0.1, 0.15) is 39.9 Å². The molecule has 0 atom stereocenters. The Balaban J connectivity index is 1.52. The Morgan fingerprint density at radius 1 is 1.23 bits per heavy atom. The highest BCUT2D eigenvalue weighted by atomic mass is 19.1. The van der Waals surface area contributed by atoms with E-state index in [0.29, 0.717) is 29.6 Å². The number of halogens is 1.